The summed E-state index contributed by atoms with van der Waals surface area (Å²) in [5.74, 6) is 6.34. The van der Waals surface area contributed by atoms with Crippen molar-refractivity contribution in [2.75, 3.05) is 5.43 Å². The Morgan fingerprint density at radius 2 is 2.16 bits per heavy atom. The van der Waals surface area contributed by atoms with Crippen LogP contribution in [-0.2, 0) is 6.42 Å². The Kier molecular flexibility index (Phi) is 3.01. The fourth-order valence-electron chi connectivity index (χ4n) is 2.42. The topological polar surface area (TPSA) is 63.8 Å². The average molecular weight is 252 g/mol. The highest BCUT2D eigenvalue weighted by Gasteiger charge is 2.08. The molecule has 3 N–H and O–H groups in total. The molecule has 3 rings (SSSR count). The van der Waals surface area contributed by atoms with E-state index in [9.17, 15) is 0 Å². The number of aryl methyl sites for hydroxylation is 1. The van der Waals surface area contributed by atoms with Gasteiger partial charge in [-0.05, 0) is 36.2 Å². The van der Waals surface area contributed by atoms with E-state index in [1.54, 1.807) is 6.20 Å². The van der Waals surface area contributed by atoms with Gasteiger partial charge in [0.25, 0.3) is 0 Å². The van der Waals surface area contributed by atoms with Crippen LogP contribution in [0.15, 0.2) is 36.5 Å². The molecule has 0 fully saturated rings. The highest BCUT2D eigenvalue weighted by Crippen LogP contribution is 2.26. The van der Waals surface area contributed by atoms with E-state index in [0.29, 0.717) is 0 Å². The summed E-state index contributed by atoms with van der Waals surface area (Å²) >= 11 is 0. The number of nitrogen functional groups attached to an aromatic ring is 1. The van der Waals surface area contributed by atoms with Crippen LogP contribution < -0.4 is 11.3 Å². The number of aromatic nitrogens is 2. The number of nitrogens with zero attached hydrogens (tertiary/aromatic N) is 2. The van der Waals surface area contributed by atoms with E-state index in [1.165, 1.54) is 0 Å². The summed E-state index contributed by atoms with van der Waals surface area (Å²) in [5, 5.41) is 2.18. The van der Waals surface area contributed by atoms with Gasteiger partial charge >= 0.3 is 0 Å². The van der Waals surface area contributed by atoms with Crippen molar-refractivity contribution < 1.29 is 0 Å². The number of pyridine rings is 2. The van der Waals surface area contributed by atoms with E-state index in [1.807, 2.05) is 18.2 Å². The lowest BCUT2D eigenvalue weighted by Crippen LogP contribution is -2.11. The van der Waals surface area contributed by atoms with Gasteiger partial charge in [0.05, 0.1) is 11.0 Å². The van der Waals surface area contributed by atoms with Gasteiger partial charge in [0.1, 0.15) is 5.82 Å². The molecule has 0 unspecified atom stereocenters. The van der Waals surface area contributed by atoms with E-state index in [-0.39, 0.29) is 0 Å². The molecule has 0 saturated carbocycles. The number of hydrogen-bond donors (Lipinski definition) is 2. The molecule has 19 heavy (non-hydrogen) atoms. The van der Waals surface area contributed by atoms with Crippen molar-refractivity contribution in [1.29, 1.82) is 0 Å². The van der Waals surface area contributed by atoms with Gasteiger partial charge in [0, 0.05) is 17.0 Å². The van der Waals surface area contributed by atoms with Crippen LogP contribution in [0.1, 0.15) is 18.9 Å². The number of nitrogens with two attached hydrogens (primary N) is 1. The molecule has 0 amide bonds. The van der Waals surface area contributed by atoms with Crippen LogP contribution in [0.5, 0.6) is 0 Å². The van der Waals surface area contributed by atoms with Crippen LogP contribution in [0.4, 0.5) is 5.82 Å². The van der Waals surface area contributed by atoms with E-state index in [2.05, 4.69) is 34.5 Å². The summed E-state index contributed by atoms with van der Waals surface area (Å²) < 4.78 is 0. The Balaban J connectivity index is 2.34. The SMILES string of the molecule is CCCc1cc2ccc3ncccc3c2nc1NN. The van der Waals surface area contributed by atoms with Gasteiger partial charge in [-0.3, -0.25) is 4.98 Å². The number of nitrogens with one attached hydrogen (secondary N) is 1. The number of rotatable bonds is 3. The standard InChI is InChI=1S/C15H16N4/c1-2-4-11-9-10-6-7-13-12(5-3-8-17-13)14(10)18-15(11)19-16/h3,5-9H,2,4,16H2,1H3,(H,18,19). The lowest BCUT2D eigenvalue weighted by atomic mass is 10.1. The second-order valence-electron chi connectivity index (χ2n) is 4.60. The van der Waals surface area contributed by atoms with E-state index in [0.717, 1.165) is 46.0 Å². The zero-order valence-electron chi connectivity index (χ0n) is 10.9. The largest absolute Gasteiger partial charge is 0.308 e. The van der Waals surface area contributed by atoms with Crippen molar-refractivity contribution in [2.45, 2.75) is 19.8 Å². The third kappa shape index (κ3) is 2.00. The van der Waals surface area contributed by atoms with Gasteiger partial charge in [-0.25, -0.2) is 10.8 Å². The summed E-state index contributed by atoms with van der Waals surface area (Å²) in [6, 6.07) is 10.2. The molecule has 0 aliphatic carbocycles. The average Bonchev–Trinajstić information content (AvgIpc) is 2.46. The van der Waals surface area contributed by atoms with Gasteiger partial charge in [-0.15, -0.1) is 0 Å². The maximum atomic E-state index is 5.59. The smallest absolute Gasteiger partial charge is 0.143 e. The summed E-state index contributed by atoms with van der Waals surface area (Å²) in [5.41, 5.74) is 5.75. The number of hydrazine groups is 1. The van der Waals surface area contributed by atoms with Crippen molar-refractivity contribution in [3.05, 3.63) is 42.1 Å². The van der Waals surface area contributed by atoms with Crippen molar-refractivity contribution in [1.82, 2.24) is 9.97 Å². The third-order valence-corrected chi connectivity index (χ3v) is 3.30. The molecule has 2 aromatic heterocycles. The van der Waals surface area contributed by atoms with Crippen LogP contribution in [0.3, 0.4) is 0 Å². The number of hydrogen-bond acceptors (Lipinski definition) is 4. The number of benzene rings is 1. The second kappa shape index (κ2) is 4.82. The molecule has 0 aliphatic rings. The third-order valence-electron chi connectivity index (χ3n) is 3.30. The molecule has 0 aliphatic heterocycles. The molecule has 0 saturated heterocycles. The maximum absolute atomic E-state index is 5.59. The fraction of sp³-hybridized carbons (Fsp3) is 0.200. The molecule has 2 heterocycles. The molecule has 4 heteroatoms. The molecular weight excluding hydrogens is 236 g/mol. The first-order valence-corrected chi connectivity index (χ1v) is 6.47. The Bertz CT molecular complexity index is 737. The number of anilines is 1. The summed E-state index contributed by atoms with van der Waals surface area (Å²) in [4.78, 5) is 9.02. The fourth-order valence-corrected chi connectivity index (χ4v) is 2.42. The first kappa shape index (κ1) is 11.9. The van der Waals surface area contributed by atoms with Gasteiger partial charge < -0.3 is 5.43 Å². The lowest BCUT2D eigenvalue weighted by molar-refractivity contribution is 0.917. The predicted molar refractivity (Wildman–Crippen MR) is 78.8 cm³/mol. The van der Waals surface area contributed by atoms with Gasteiger partial charge in [0.2, 0.25) is 0 Å². The zero-order chi connectivity index (χ0) is 13.2. The van der Waals surface area contributed by atoms with E-state index < -0.39 is 0 Å². The normalized spacial score (nSPS) is 11.1. The second-order valence-corrected chi connectivity index (χ2v) is 4.60. The molecular formula is C15H16N4. The van der Waals surface area contributed by atoms with E-state index in [4.69, 9.17) is 5.84 Å². The first-order chi connectivity index (χ1) is 9.33. The highest BCUT2D eigenvalue weighted by molar-refractivity contribution is 6.04. The molecule has 0 spiro atoms. The molecule has 4 nitrogen and oxygen atoms in total. The van der Waals surface area contributed by atoms with Gasteiger partial charge in [0.15, 0.2) is 0 Å². The minimum absolute atomic E-state index is 0.755. The number of fused-ring (bicyclic) bond motifs is 3. The Morgan fingerprint density at radius 1 is 1.26 bits per heavy atom. The first-order valence-electron chi connectivity index (χ1n) is 6.47. The van der Waals surface area contributed by atoms with Crippen LogP contribution >= 0.6 is 0 Å². The summed E-state index contributed by atoms with van der Waals surface area (Å²) in [6.07, 6.45) is 3.83. The van der Waals surface area contributed by atoms with Crippen molar-refractivity contribution in [3.63, 3.8) is 0 Å². The van der Waals surface area contributed by atoms with Crippen LogP contribution in [0.2, 0.25) is 0 Å². The summed E-state index contributed by atoms with van der Waals surface area (Å²) in [6.45, 7) is 2.15. The van der Waals surface area contributed by atoms with Gasteiger partial charge in [-0.2, -0.15) is 0 Å². The maximum Gasteiger partial charge on any atom is 0.143 e. The molecule has 3 aromatic rings. The van der Waals surface area contributed by atoms with Crippen LogP contribution in [0.25, 0.3) is 21.8 Å². The van der Waals surface area contributed by atoms with Crippen molar-refractivity contribution >= 4 is 27.6 Å². The summed E-state index contributed by atoms with van der Waals surface area (Å²) in [7, 11) is 0. The van der Waals surface area contributed by atoms with Crippen LogP contribution in [0, 0.1) is 0 Å². The van der Waals surface area contributed by atoms with Crippen molar-refractivity contribution in [3.8, 4) is 0 Å². The van der Waals surface area contributed by atoms with Gasteiger partial charge in [-0.1, -0.05) is 19.4 Å². The zero-order valence-corrected chi connectivity index (χ0v) is 10.9. The Hall–Kier alpha value is -2.20. The van der Waals surface area contributed by atoms with Crippen molar-refractivity contribution in [2.24, 2.45) is 5.84 Å². The van der Waals surface area contributed by atoms with E-state index >= 15 is 0 Å². The predicted octanol–water partition coefficient (Wildman–Crippen LogP) is 3.02. The Labute approximate surface area is 111 Å². The molecule has 0 atom stereocenters. The Morgan fingerprint density at radius 3 is 2.95 bits per heavy atom. The quantitative estimate of drug-likeness (QED) is 0.427. The minimum Gasteiger partial charge on any atom is -0.308 e. The molecule has 0 radical (unpaired) electrons. The highest BCUT2D eigenvalue weighted by atomic mass is 15.2. The lowest BCUT2D eigenvalue weighted by Gasteiger charge is -2.10. The monoisotopic (exact) mass is 252 g/mol. The minimum atomic E-state index is 0.755. The molecule has 96 valence electrons. The molecule has 1 aromatic carbocycles. The van der Waals surface area contributed by atoms with Crippen LogP contribution in [-0.4, -0.2) is 9.97 Å². The molecule has 0 bridgehead atoms.